The smallest absolute Gasteiger partial charge is 0.264 e. The number of aryl methyl sites for hydroxylation is 2. The first-order valence-corrected chi connectivity index (χ1v) is 12.2. The van der Waals surface area contributed by atoms with Crippen molar-refractivity contribution in [1.82, 2.24) is 4.90 Å². The number of anilines is 1. The van der Waals surface area contributed by atoms with Crippen LogP contribution in [0.4, 0.5) is 5.69 Å². The van der Waals surface area contributed by atoms with Gasteiger partial charge in [0.05, 0.1) is 24.8 Å². The molecule has 0 saturated heterocycles. The van der Waals surface area contributed by atoms with E-state index in [2.05, 4.69) is 0 Å². The highest BCUT2D eigenvalue weighted by Crippen LogP contribution is 2.34. The predicted octanol–water partition coefficient (Wildman–Crippen LogP) is 4.17. The highest BCUT2D eigenvalue weighted by molar-refractivity contribution is 7.92. The van der Waals surface area contributed by atoms with Crippen LogP contribution in [-0.4, -0.2) is 47.0 Å². The normalized spacial score (nSPS) is 11.1. The fourth-order valence-corrected chi connectivity index (χ4v) is 4.84. The second kappa shape index (κ2) is 10.6. The highest BCUT2D eigenvalue weighted by atomic mass is 32.2. The molecule has 3 aromatic carbocycles. The van der Waals surface area contributed by atoms with Crippen molar-refractivity contribution in [1.29, 1.82) is 0 Å². The Morgan fingerprint density at radius 2 is 1.38 bits per heavy atom. The third-order valence-electron chi connectivity index (χ3n) is 5.51. The maximum Gasteiger partial charge on any atom is 0.264 e. The van der Waals surface area contributed by atoms with E-state index < -0.39 is 10.0 Å². The van der Waals surface area contributed by atoms with Gasteiger partial charge in [-0.15, -0.1) is 0 Å². The molecule has 0 aliphatic rings. The topological polar surface area (TPSA) is 76.2 Å². The van der Waals surface area contributed by atoms with E-state index >= 15 is 0 Å². The largest absolute Gasteiger partial charge is 0.493 e. The van der Waals surface area contributed by atoms with E-state index in [0.29, 0.717) is 23.7 Å². The maximum absolute atomic E-state index is 13.6. The average Bonchev–Trinajstić information content (AvgIpc) is 2.83. The summed E-state index contributed by atoms with van der Waals surface area (Å²) in [5, 5.41) is 0. The van der Waals surface area contributed by atoms with Crippen LogP contribution >= 0.6 is 0 Å². The number of nitrogens with zero attached hydrogens (tertiary/aromatic N) is 2. The molecule has 3 rings (SSSR count). The number of ether oxygens (including phenoxy) is 2. The van der Waals surface area contributed by atoms with Crippen LogP contribution in [0.25, 0.3) is 0 Å². The number of carbonyl (C=O) groups is 1. The minimum Gasteiger partial charge on any atom is -0.493 e. The quantitative estimate of drug-likeness (QED) is 0.458. The lowest BCUT2D eigenvalue weighted by Gasteiger charge is -2.27. The Morgan fingerprint density at radius 1 is 0.824 bits per heavy atom. The molecule has 0 aliphatic heterocycles. The van der Waals surface area contributed by atoms with Gasteiger partial charge in [0.25, 0.3) is 10.0 Å². The molecule has 1 amide bonds. The van der Waals surface area contributed by atoms with Gasteiger partial charge in [0.2, 0.25) is 5.91 Å². The van der Waals surface area contributed by atoms with Crippen LogP contribution in [0.3, 0.4) is 0 Å². The van der Waals surface area contributed by atoms with Crippen LogP contribution in [-0.2, 0) is 21.4 Å². The highest BCUT2D eigenvalue weighted by Gasteiger charge is 2.29. The van der Waals surface area contributed by atoms with Gasteiger partial charge in [-0.1, -0.05) is 47.5 Å². The summed E-state index contributed by atoms with van der Waals surface area (Å²) in [7, 11) is 0.602. The van der Waals surface area contributed by atoms with E-state index in [1.54, 1.807) is 49.5 Å². The molecule has 0 aromatic heterocycles. The zero-order chi connectivity index (χ0) is 24.9. The molecule has 3 aromatic rings. The summed E-state index contributed by atoms with van der Waals surface area (Å²) in [6, 6.07) is 19.2. The van der Waals surface area contributed by atoms with Gasteiger partial charge in [0.15, 0.2) is 11.5 Å². The second-order valence-corrected chi connectivity index (χ2v) is 9.96. The van der Waals surface area contributed by atoms with Gasteiger partial charge >= 0.3 is 0 Å². The SMILES string of the molecule is COc1ccc(N(CC(=O)N(C)Cc2ccc(C)cc2)S(=O)(=O)c2ccc(C)cc2)cc1OC. The van der Waals surface area contributed by atoms with E-state index in [9.17, 15) is 13.2 Å². The Hall–Kier alpha value is -3.52. The summed E-state index contributed by atoms with van der Waals surface area (Å²) < 4.78 is 39.0. The predicted molar refractivity (Wildman–Crippen MR) is 133 cm³/mol. The van der Waals surface area contributed by atoms with E-state index in [1.165, 1.54) is 19.1 Å². The molecule has 0 heterocycles. The Balaban J connectivity index is 1.96. The summed E-state index contributed by atoms with van der Waals surface area (Å²) in [6.45, 7) is 3.87. The molecule has 180 valence electrons. The number of amides is 1. The molecular weight excluding hydrogens is 452 g/mol. The van der Waals surface area contributed by atoms with Gasteiger partial charge in [0.1, 0.15) is 6.54 Å². The molecule has 0 fully saturated rings. The third kappa shape index (κ3) is 5.69. The Labute approximate surface area is 201 Å². The number of sulfonamides is 1. The number of hydrogen-bond acceptors (Lipinski definition) is 5. The first-order valence-electron chi connectivity index (χ1n) is 10.8. The first kappa shape index (κ1) is 25.1. The fourth-order valence-electron chi connectivity index (χ4n) is 3.43. The summed E-state index contributed by atoms with van der Waals surface area (Å²) in [6.07, 6.45) is 0. The molecule has 8 heteroatoms. The van der Waals surface area contributed by atoms with Crippen molar-refractivity contribution in [3.63, 3.8) is 0 Å². The van der Waals surface area contributed by atoms with Gasteiger partial charge < -0.3 is 14.4 Å². The van der Waals surface area contributed by atoms with Crippen molar-refractivity contribution in [2.75, 3.05) is 32.1 Å². The van der Waals surface area contributed by atoms with Crippen molar-refractivity contribution >= 4 is 21.6 Å². The summed E-state index contributed by atoms with van der Waals surface area (Å²) in [5.74, 6) is 0.484. The van der Waals surface area contributed by atoms with E-state index in [1.807, 2.05) is 38.1 Å². The van der Waals surface area contributed by atoms with Crippen LogP contribution in [0.15, 0.2) is 71.6 Å². The van der Waals surface area contributed by atoms with Gasteiger partial charge in [-0.25, -0.2) is 8.42 Å². The molecule has 7 nitrogen and oxygen atoms in total. The molecule has 0 bridgehead atoms. The Morgan fingerprint density at radius 3 is 1.94 bits per heavy atom. The minimum atomic E-state index is -4.03. The molecule has 0 spiro atoms. The first-order chi connectivity index (χ1) is 16.1. The molecule has 0 unspecified atom stereocenters. The molecule has 0 saturated carbocycles. The average molecular weight is 483 g/mol. The van der Waals surface area contributed by atoms with Crippen LogP contribution in [0.5, 0.6) is 11.5 Å². The van der Waals surface area contributed by atoms with Gasteiger partial charge in [-0.2, -0.15) is 0 Å². The molecule has 0 radical (unpaired) electrons. The molecule has 0 atom stereocenters. The number of methoxy groups -OCH3 is 2. The van der Waals surface area contributed by atoms with Gasteiger partial charge in [-0.05, 0) is 43.7 Å². The lowest BCUT2D eigenvalue weighted by molar-refractivity contribution is -0.128. The van der Waals surface area contributed by atoms with Crippen molar-refractivity contribution in [2.24, 2.45) is 0 Å². The summed E-state index contributed by atoms with van der Waals surface area (Å²) >= 11 is 0. The lowest BCUT2D eigenvalue weighted by Crippen LogP contribution is -2.41. The van der Waals surface area contributed by atoms with Crippen molar-refractivity contribution in [3.8, 4) is 11.5 Å². The number of hydrogen-bond donors (Lipinski definition) is 0. The standard InChI is InChI=1S/C26H30N2O5S/c1-19-6-10-21(11-7-19)17-27(3)26(29)18-28(22-12-15-24(32-4)25(16-22)33-5)34(30,31)23-13-8-20(2)9-14-23/h6-16H,17-18H2,1-5H3. The van der Waals surface area contributed by atoms with Crippen LogP contribution in [0.1, 0.15) is 16.7 Å². The van der Waals surface area contributed by atoms with Crippen molar-refractivity contribution in [3.05, 3.63) is 83.4 Å². The molecule has 34 heavy (non-hydrogen) atoms. The Bertz CT molecular complexity index is 1240. The lowest BCUT2D eigenvalue weighted by atomic mass is 10.1. The van der Waals surface area contributed by atoms with E-state index in [-0.39, 0.29) is 17.3 Å². The minimum absolute atomic E-state index is 0.0990. The third-order valence-corrected chi connectivity index (χ3v) is 7.30. The van der Waals surface area contributed by atoms with Crippen LogP contribution in [0.2, 0.25) is 0 Å². The van der Waals surface area contributed by atoms with Gasteiger partial charge in [-0.3, -0.25) is 9.10 Å². The van der Waals surface area contributed by atoms with Crippen molar-refractivity contribution < 1.29 is 22.7 Å². The Kier molecular flexibility index (Phi) is 7.83. The van der Waals surface area contributed by atoms with E-state index in [0.717, 1.165) is 21.0 Å². The second-order valence-electron chi connectivity index (χ2n) is 8.10. The van der Waals surface area contributed by atoms with Gasteiger partial charge in [0, 0.05) is 19.7 Å². The fraction of sp³-hybridized carbons (Fsp3) is 0.269. The molecule has 0 aliphatic carbocycles. The number of likely N-dealkylation sites (N-methyl/N-ethyl adjacent to an activating group) is 1. The van der Waals surface area contributed by atoms with Crippen LogP contribution < -0.4 is 13.8 Å². The number of carbonyl (C=O) groups excluding carboxylic acids is 1. The van der Waals surface area contributed by atoms with E-state index in [4.69, 9.17) is 9.47 Å². The zero-order valence-corrected chi connectivity index (χ0v) is 20.9. The molecular formula is C26H30N2O5S. The maximum atomic E-state index is 13.6. The number of benzene rings is 3. The summed E-state index contributed by atoms with van der Waals surface area (Å²) in [5.41, 5.74) is 3.32. The molecule has 0 N–H and O–H groups in total. The monoisotopic (exact) mass is 482 g/mol. The van der Waals surface area contributed by atoms with Crippen molar-refractivity contribution in [2.45, 2.75) is 25.3 Å². The summed E-state index contributed by atoms with van der Waals surface area (Å²) in [4.78, 5) is 14.8. The van der Waals surface area contributed by atoms with Crippen LogP contribution in [0, 0.1) is 13.8 Å². The number of rotatable bonds is 9. The zero-order valence-electron chi connectivity index (χ0n) is 20.1.